The molecule has 2 atom stereocenters. The van der Waals surface area contributed by atoms with E-state index < -0.39 is 44.3 Å². The van der Waals surface area contributed by atoms with E-state index >= 15 is 0 Å². The summed E-state index contributed by atoms with van der Waals surface area (Å²) in [5, 5.41) is -5.25. The minimum Gasteiger partial charge on any atom is -0.456 e. The highest BCUT2D eigenvalue weighted by Crippen LogP contribution is 2.63. The van der Waals surface area contributed by atoms with Gasteiger partial charge in [-0.05, 0) is 50.9 Å². The van der Waals surface area contributed by atoms with E-state index in [1.54, 1.807) is 0 Å². The van der Waals surface area contributed by atoms with Gasteiger partial charge in [-0.15, -0.1) is 0 Å². The van der Waals surface area contributed by atoms with Crippen molar-refractivity contribution >= 4 is 28.0 Å². The number of alkyl halides is 2. The van der Waals surface area contributed by atoms with Gasteiger partial charge in [0.2, 0.25) is 0 Å². The van der Waals surface area contributed by atoms with Gasteiger partial charge in [-0.1, -0.05) is 6.58 Å². The third-order valence-electron chi connectivity index (χ3n) is 5.85. The smallest absolute Gasteiger partial charge is 0.456 e. The Morgan fingerprint density at radius 3 is 2.14 bits per heavy atom. The molecular weight excluding hydrogens is 402 g/mol. The molecule has 156 valence electrons. The highest BCUT2D eigenvalue weighted by Gasteiger charge is 2.64. The quantitative estimate of drug-likeness (QED) is 0.309. The average Bonchev–Trinajstić information content (AvgIpc) is 2.51. The first-order chi connectivity index (χ1) is 12.7. The third kappa shape index (κ3) is 3.34. The summed E-state index contributed by atoms with van der Waals surface area (Å²) < 4.78 is 66.6. The van der Waals surface area contributed by atoms with Gasteiger partial charge < -0.3 is 9.47 Å². The maximum Gasteiger partial charge on any atom is 0.466 e. The van der Waals surface area contributed by atoms with Gasteiger partial charge in [0.15, 0.2) is 0 Å². The Hall–Kier alpha value is -1.88. The van der Waals surface area contributed by atoms with Crippen LogP contribution in [0.2, 0.25) is 0 Å². The lowest BCUT2D eigenvalue weighted by Gasteiger charge is -2.59. The molecule has 4 fully saturated rings. The van der Waals surface area contributed by atoms with Crippen molar-refractivity contribution < 1.29 is 45.6 Å². The summed E-state index contributed by atoms with van der Waals surface area (Å²) in [6.07, 6.45) is 2.31. The van der Waals surface area contributed by atoms with E-state index in [9.17, 15) is 31.6 Å². The van der Waals surface area contributed by atoms with E-state index in [2.05, 4.69) is 11.3 Å². The second kappa shape index (κ2) is 6.31. The molecule has 4 rings (SSSR count). The Morgan fingerprint density at radius 1 is 1.14 bits per heavy atom. The molecule has 8 nitrogen and oxygen atoms in total. The summed E-state index contributed by atoms with van der Waals surface area (Å²) in [7, 11) is -6.08. The third-order valence-corrected chi connectivity index (χ3v) is 6.66. The highest BCUT2D eigenvalue weighted by molar-refractivity contribution is 7.87. The van der Waals surface area contributed by atoms with Crippen LogP contribution in [0, 0.1) is 17.3 Å². The minimum absolute atomic E-state index is 0.00439. The normalized spacial score (nSPS) is 34.0. The maximum absolute atomic E-state index is 13.4. The standard InChI is InChI=1S/C17H20F2O8S/c1-9(2)12(20)27-16-6-10-3-11(7-16)5-15(4-10,8-16)13(21)26-14(22)17(18,19)28(23,24)25/h10-11H,1,3-8H2,2H3,(H,23,24,25). The summed E-state index contributed by atoms with van der Waals surface area (Å²) in [6.45, 7) is 5.00. The summed E-state index contributed by atoms with van der Waals surface area (Å²) in [5.74, 6) is -4.61. The van der Waals surface area contributed by atoms with Crippen LogP contribution in [0.1, 0.15) is 45.4 Å². The number of hydrogen-bond donors (Lipinski definition) is 1. The minimum atomic E-state index is -6.08. The number of hydrogen-bond acceptors (Lipinski definition) is 7. The molecule has 4 saturated carbocycles. The maximum atomic E-state index is 13.4. The molecular formula is C17H20F2O8S. The van der Waals surface area contributed by atoms with E-state index in [1.165, 1.54) is 6.92 Å². The van der Waals surface area contributed by atoms with Crippen LogP contribution in [-0.2, 0) is 34.0 Å². The van der Waals surface area contributed by atoms with Gasteiger partial charge in [0.25, 0.3) is 0 Å². The van der Waals surface area contributed by atoms with Gasteiger partial charge in [-0.2, -0.15) is 17.2 Å². The zero-order valence-corrected chi connectivity index (χ0v) is 15.9. The van der Waals surface area contributed by atoms with Crippen LogP contribution < -0.4 is 0 Å². The molecule has 0 amide bonds. The fourth-order valence-electron chi connectivity index (χ4n) is 5.18. The molecule has 0 saturated heterocycles. The molecule has 0 aromatic heterocycles. The fourth-order valence-corrected chi connectivity index (χ4v) is 5.43. The molecule has 4 aliphatic carbocycles. The highest BCUT2D eigenvalue weighted by atomic mass is 32.2. The van der Waals surface area contributed by atoms with Crippen LogP contribution in [0.5, 0.6) is 0 Å². The molecule has 0 radical (unpaired) electrons. The second-order valence-electron chi connectivity index (χ2n) is 8.26. The summed E-state index contributed by atoms with van der Waals surface area (Å²) in [4.78, 5) is 36.2. The van der Waals surface area contributed by atoms with Gasteiger partial charge >= 0.3 is 33.3 Å². The first-order valence-corrected chi connectivity index (χ1v) is 10.1. The molecule has 4 bridgehead atoms. The summed E-state index contributed by atoms with van der Waals surface area (Å²) in [5.41, 5.74) is -2.13. The van der Waals surface area contributed by atoms with Crippen LogP contribution in [0.25, 0.3) is 0 Å². The molecule has 0 heterocycles. The molecule has 0 spiro atoms. The van der Waals surface area contributed by atoms with E-state index in [0.29, 0.717) is 12.8 Å². The zero-order valence-electron chi connectivity index (χ0n) is 15.1. The SMILES string of the molecule is C=C(C)C(=O)OC12CC3CC(C1)CC(C(=O)OC(=O)C(F)(F)S(=O)(=O)O)(C3)C2. The topological polar surface area (TPSA) is 124 Å². The lowest BCUT2D eigenvalue weighted by atomic mass is 9.48. The molecule has 11 heteroatoms. The van der Waals surface area contributed by atoms with E-state index in [-0.39, 0.29) is 36.7 Å². The van der Waals surface area contributed by atoms with Gasteiger partial charge in [-0.25, -0.2) is 9.59 Å². The predicted octanol–water partition coefficient (Wildman–Crippen LogP) is 2.00. The van der Waals surface area contributed by atoms with Crippen molar-refractivity contribution in [3.05, 3.63) is 12.2 Å². The van der Waals surface area contributed by atoms with Gasteiger partial charge in [-0.3, -0.25) is 9.35 Å². The molecule has 28 heavy (non-hydrogen) atoms. The Morgan fingerprint density at radius 2 is 1.68 bits per heavy atom. The van der Waals surface area contributed by atoms with E-state index in [4.69, 9.17) is 9.29 Å². The largest absolute Gasteiger partial charge is 0.466 e. The molecule has 0 aromatic carbocycles. The number of halogens is 2. The average molecular weight is 422 g/mol. The van der Waals surface area contributed by atoms with Gasteiger partial charge in [0.05, 0.1) is 5.41 Å². The lowest BCUT2D eigenvalue weighted by Crippen LogP contribution is -2.60. The van der Waals surface area contributed by atoms with Crippen molar-refractivity contribution in [2.45, 2.75) is 56.3 Å². The lowest BCUT2D eigenvalue weighted by molar-refractivity contribution is -0.213. The molecule has 0 aliphatic heterocycles. The number of carbonyl (C=O) groups is 3. The first-order valence-electron chi connectivity index (χ1n) is 8.70. The van der Waals surface area contributed by atoms with Crippen molar-refractivity contribution in [2.24, 2.45) is 17.3 Å². The summed E-state index contributed by atoms with van der Waals surface area (Å²) in [6, 6.07) is 0. The van der Waals surface area contributed by atoms with E-state index in [1.807, 2.05) is 0 Å². The molecule has 2 unspecified atom stereocenters. The number of carbonyl (C=O) groups excluding carboxylic acids is 3. The Balaban J connectivity index is 1.84. The van der Waals surface area contributed by atoms with Crippen LogP contribution in [-0.4, -0.2) is 41.7 Å². The van der Waals surface area contributed by atoms with Gasteiger partial charge in [0, 0.05) is 12.0 Å². The van der Waals surface area contributed by atoms with Crippen LogP contribution in [0.4, 0.5) is 8.78 Å². The Bertz CT molecular complexity index is 848. The second-order valence-corrected chi connectivity index (χ2v) is 9.73. The van der Waals surface area contributed by atoms with Crippen molar-refractivity contribution in [1.82, 2.24) is 0 Å². The predicted molar refractivity (Wildman–Crippen MR) is 88.3 cm³/mol. The van der Waals surface area contributed by atoms with Crippen LogP contribution in [0.3, 0.4) is 0 Å². The monoisotopic (exact) mass is 422 g/mol. The number of esters is 3. The molecule has 1 N–H and O–H groups in total. The molecule has 0 aromatic rings. The van der Waals surface area contributed by atoms with Crippen LogP contribution >= 0.6 is 0 Å². The zero-order chi connectivity index (χ0) is 21.1. The van der Waals surface area contributed by atoms with E-state index in [0.717, 1.165) is 6.42 Å². The fraction of sp³-hybridized carbons (Fsp3) is 0.706. The van der Waals surface area contributed by atoms with Crippen molar-refractivity contribution in [2.75, 3.05) is 0 Å². The van der Waals surface area contributed by atoms with Crippen molar-refractivity contribution in [3.8, 4) is 0 Å². The summed E-state index contributed by atoms with van der Waals surface area (Å²) >= 11 is 0. The number of ether oxygens (including phenoxy) is 2. The van der Waals surface area contributed by atoms with Crippen molar-refractivity contribution in [1.29, 1.82) is 0 Å². The van der Waals surface area contributed by atoms with Crippen LogP contribution in [0.15, 0.2) is 12.2 Å². The van der Waals surface area contributed by atoms with Crippen molar-refractivity contribution in [3.63, 3.8) is 0 Å². The Labute approximate surface area is 160 Å². The first kappa shape index (κ1) is 20.8. The molecule has 4 aliphatic rings. The van der Waals surface area contributed by atoms with Gasteiger partial charge in [0.1, 0.15) is 5.60 Å². The number of rotatable bonds is 5. The Kier molecular flexibility index (Phi) is 4.70.